The summed E-state index contributed by atoms with van der Waals surface area (Å²) in [6.07, 6.45) is -4.38. The van der Waals surface area contributed by atoms with Crippen LogP contribution in [0.25, 0.3) is 5.69 Å². The number of hydrogen-bond donors (Lipinski definition) is 0. The van der Waals surface area contributed by atoms with Crippen LogP contribution >= 0.6 is 11.8 Å². The maximum atomic E-state index is 13.1. The molecule has 0 unspecified atom stereocenters. The molecule has 130 valence electrons. The standard InChI is InChI=1S/C17H15F3N4S/c1-11-7-8-14(9-12(11)2)24-16(21-22-23-24)25-10-13-5-3-4-6-15(13)17(18,19)20/h3-9H,10H2,1-2H3. The second kappa shape index (κ2) is 6.87. The molecule has 3 rings (SSSR count). The topological polar surface area (TPSA) is 43.6 Å². The van der Waals surface area contributed by atoms with Crippen LogP contribution in [0.4, 0.5) is 13.2 Å². The summed E-state index contributed by atoms with van der Waals surface area (Å²) in [5.41, 5.74) is 2.58. The van der Waals surface area contributed by atoms with Gasteiger partial charge in [0.2, 0.25) is 5.16 Å². The molecule has 25 heavy (non-hydrogen) atoms. The molecule has 3 aromatic rings. The summed E-state index contributed by atoms with van der Waals surface area (Å²) in [5, 5.41) is 12.0. The molecule has 0 fully saturated rings. The van der Waals surface area contributed by atoms with Gasteiger partial charge in [-0.05, 0) is 59.2 Å². The maximum absolute atomic E-state index is 13.1. The van der Waals surface area contributed by atoms with Crippen molar-refractivity contribution < 1.29 is 13.2 Å². The van der Waals surface area contributed by atoms with Crippen molar-refractivity contribution in [3.8, 4) is 5.69 Å². The molecular formula is C17H15F3N4S. The summed E-state index contributed by atoms with van der Waals surface area (Å²) in [6.45, 7) is 3.98. The van der Waals surface area contributed by atoms with E-state index in [0.717, 1.165) is 22.9 Å². The van der Waals surface area contributed by atoms with Crippen molar-refractivity contribution in [1.29, 1.82) is 0 Å². The number of benzene rings is 2. The van der Waals surface area contributed by atoms with E-state index in [0.29, 0.717) is 5.16 Å². The molecule has 1 aromatic heterocycles. The summed E-state index contributed by atoms with van der Waals surface area (Å²) in [6, 6.07) is 11.3. The Labute approximate surface area is 147 Å². The van der Waals surface area contributed by atoms with Crippen LogP contribution < -0.4 is 0 Å². The third-order valence-corrected chi connectivity index (χ3v) is 4.82. The van der Waals surface area contributed by atoms with Crippen molar-refractivity contribution in [2.24, 2.45) is 0 Å². The minimum Gasteiger partial charge on any atom is -0.187 e. The highest BCUT2D eigenvalue weighted by molar-refractivity contribution is 7.98. The van der Waals surface area contributed by atoms with Crippen LogP contribution in [0.3, 0.4) is 0 Å². The first-order valence-corrected chi connectivity index (χ1v) is 8.49. The van der Waals surface area contributed by atoms with Crippen LogP contribution in [0.5, 0.6) is 0 Å². The van der Waals surface area contributed by atoms with E-state index >= 15 is 0 Å². The molecule has 0 saturated carbocycles. The molecule has 4 nitrogen and oxygen atoms in total. The molecule has 0 atom stereocenters. The van der Waals surface area contributed by atoms with Gasteiger partial charge in [0.25, 0.3) is 0 Å². The number of alkyl halides is 3. The first-order valence-electron chi connectivity index (χ1n) is 7.50. The number of nitrogens with zero attached hydrogens (tertiary/aromatic N) is 4. The summed E-state index contributed by atoms with van der Waals surface area (Å²) < 4.78 is 40.8. The molecule has 0 N–H and O–H groups in total. The van der Waals surface area contributed by atoms with E-state index in [4.69, 9.17) is 0 Å². The normalized spacial score (nSPS) is 11.7. The zero-order chi connectivity index (χ0) is 18.0. The van der Waals surface area contributed by atoms with Gasteiger partial charge in [0.1, 0.15) is 0 Å². The van der Waals surface area contributed by atoms with Crippen molar-refractivity contribution >= 4 is 11.8 Å². The maximum Gasteiger partial charge on any atom is 0.416 e. The highest BCUT2D eigenvalue weighted by Crippen LogP contribution is 2.34. The van der Waals surface area contributed by atoms with Gasteiger partial charge in [0, 0.05) is 5.75 Å². The fraction of sp³-hybridized carbons (Fsp3) is 0.235. The number of tetrazole rings is 1. The molecule has 0 aliphatic heterocycles. The Balaban J connectivity index is 1.85. The third kappa shape index (κ3) is 3.84. The smallest absolute Gasteiger partial charge is 0.187 e. The van der Waals surface area contributed by atoms with Crippen LogP contribution in [0, 0.1) is 13.8 Å². The Kier molecular flexibility index (Phi) is 4.80. The van der Waals surface area contributed by atoms with Gasteiger partial charge >= 0.3 is 6.18 Å². The number of rotatable bonds is 4. The SMILES string of the molecule is Cc1ccc(-n2nnnc2SCc2ccccc2C(F)(F)F)cc1C. The average Bonchev–Trinajstić information content (AvgIpc) is 3.03. The van der Waals surface area contributed by atoms with Crippen LogP contribution in [0.15, 0.2) is 47.6 Å². The lowest BCUT2D eigenvalue weighted by atomic mass is 10.1. The van der Waals surface area contributed by atoms with E-state index in [1.807, 2.05) is 32.0 Å². The monoisotopic (exact) mass is 364 g/mol. The molecular weight excluding hydrogens is 349 g/mol. The molecule has 0 spiro atoms. The van der Waals surface area contributed by atoms with Crippen LogP contribution in [0.1, 0.15) is 22.3 Å². The quantitative estimate of drug-likeness (QED) is 0.635. The van der Waals surface area contributed by atoms with Crippen molar-refractivity contribution in [3.63, 3.8) is 0 Å². The van der Waals surface area contributed by atoms with Crippen molar-refractivity contribution in [1.82, 2.24) is 20.2 Å². The summed E-state index contributed by atoms with van der Waals surface area (Å²) in [4.78, 5) is 0. The minimum atomic E-state index is -4.38. The molecule has 0 radical (unpaired) electrons. The van der Waals surface area contributed by atoms with Crippen LogP contribution in [0.2, 0.25) is 0 Å². The molecule has 1 heterocycles. The van der Waals surface area contributed by atoms with Gasteiger partial charge in [-0.25, -0.2) is 0 Å². The molecule has 8 heteroatoms. The van der Waals surface area contributed by atoms with E-state index in [1.54, 1.807) is 6.07 Å². The highest BCUT2D eigenvalue weighted by atomic mass is 32.2. The zero-order valence-corrected chi connectivity index (χ0v) is 14.4. The molecule has 0 aliphatic carbocycles. The fourth-order valence-corrected chi connectivity index (χ4v) is 3.25. The summed E-state index contributed by atoms with van der Waals surface area (Å²) in [5.74, 6) is 0.126. The second-order valence-corrected chi connectivity index (χ2v) is 6.53. The highest BCUT2D eigenvalue weighted by Gasteiger charge is 2.32. The number of aryl methyl sites for hydroxylation is 2. The van der Waals surface area contributed by atoms with E-state index in [-0.39, 0.29) is 11.3 Å². The number of thioether (sulfide) groups is 1. The fourth-order valence-electron chi connectivity index (χ4n) is 2.35. The molecule has 0 bridgehead atoms. The average molecular weight is 364 g/mol. The van der Waals surface area contributed by atoms with Crippen LogP contribution in [-0.4, -0.2) is 20.2 Å². The van der Waals surface area contributed by atoms with Gasteiger partial charge in [-0.1, -0.05) is 36.0 Å². The van der Waals surface area contributed by atoms with E-state index in [9.17, 15) is 13.2 Å². The van der Waals surface area contributed by atoms with Gasteiger partial charge in [-0.3, -0.25) is 0 Å². The second-order valence-electron chi connectivity index (χ2n) is 5.59. The Morgan fingerprint density at radius 3 is 2.52 bits per heavy atom. The Bertz CT molecular complexity index is 890. The van der Waals surface area contributed by atoms with Gasteiger partial charge in [-0.15, -0.1) is 5.10 Å². The number of halogens is 3. The minimum absolute atomic E-state index is 0.126. The Morgan fingerprint density at radius 1 is 1.04 bits per heavy atom. The third-order valence-electron chi connectivity index (χ3n) is 3.86. The summed E-state index contributed by atoms with van der Waals surface area (Å²) in [7, 11) is 0. The van der Waals surface area contributed by atoms with Gasteiger partial charge in [-0.2, -0.15) is 17.9 Å². The van der Waals surface area contributed by atoms with Gasteiger partial charge in [0.15, 0.2) is 0 Å². The van der Waals surface area contributed by atoms with E-state index < -0.39 is 11.7 Å². The predicted molar refractivity (Wildman–Crippen MR) is 89.6 cm³/mol. The predicted octanol–water partition coefficient (Wildman–Crippen LogP) is 4.59. The van der Waals surface area contributed by atoms with Crippen molar-refractivity contribution in [3.05, 3.63) is 64.7 Å². The summed E-state index contributed by atoms with van der Waals surface area (Å²) >= 11 is 1.17. The molecule has 0 saturated heterocycles. The van der Waals surface area contributed by atoms with Crippen molar-refractivity contribution in [2.75, 3.05) is 0 Å². The first kappa shape index (κ1) is 17.5. The lowest BCUT2D eigenvalue weighted by molar-refractivity contribution is -0.138. The van der Waals surface area contributed by atoms with Gasteiger partial charge < -0.3 is 0 Å². The van der Waals surface area contributed by atoms with E-state index in [2.05, 4.69) is 15.5 Å². The van der Waals surface area contributed by atoms with Crippen molar-refractivity contribution in [2.45, 2.75) is 30.9 Å². The van der Waals surface area contributed by atoms with E-state index in [1.165, 1.54) is 28.6 Å². The largest absolute Gasteiger partial charge is 0.416 e. The molecule has 0 amide bonds. The first-order chi connectivity index (χ1) is 11.9. The molecule has 0 aliphatic rings. The zero-order valence-electron chi connectivity index (χ0n) is 13.6. The van der Waals surface area contributed by atoms with Gasteiger partial charge in [0.05, 0.1) is 11.3 Å². The molecule has 2 aromatic carbocycles. The Hall–Kier alpha value is -2.35. The Morgan fingerprint density at radius 2 is 1.80 bits per heavy atom. The lowest BCUT2D eigenvalue weighted by Crippen LogP contribution is -2.08. The lowest BCUT2D eigenvalue weighted by Gasteiger charge is -2.12. The van der Waals surface area contributed by atoms with Crippen LogP contribution in [-0.2, 0) is 11.9 Å². The number of aromatic nitrogens is 4. The number of hydrogen-bond acceptors (Lipinski definition) is 4.